The highest BCUT2D eigenvalue weighted by Gasteiger charge is 2.29. The monoisotopic (exact) mass is 395 g/mol. The third-order valence-electron chi connectivity index (χ3n) is 5.19. The lowest BCUT2D eigenvalue weighted by atomic mass is 9.83. The van der Waals surface area contributed by atoms with Gasteiger partial charge in [-0.2, -0.15) is 0 Å². The molecule has 3 aromatic rings. The summed E-state index contributed by atoms with van der Waals surface area (Å²) in [6.07, 6.45) is 7.16. The third-order valence-corrected chi connectivity index (χ3v) is 5.19. The molecule has 0 saturated heterocycles. The van der Waals surface area contributed by atoms with Gasteiger partial charge in [0.1, 0.15) is 11.9 Å². The summed E-state index contributed by atoms with van der Waals surface area (Å²) >= 11 is 0. The van der Waals surface area contributed by atoms with Crippen molar-refractivity contribution in [3.05, 3.63) is 89.3 Å². The van der Waals surface area contributed by atoms with E-state index in [-0.39, 0.29) is 24.3 Å². The Kier molecular flexibility index (Phi) is 4.65. The summed E-state index contributed by atoms with van der Waals surface area (Å²) < 4.78 is 15.8. The van der Waals surface area contributed by atoms with Crippen LogP contribution >= 0.6 is 12.4 Å². The van der Waals surface area contributed by atoms with Gasteiger partial charge in [-0.05, 0) is 53.8 Å². The molecule has 142 valence electrons. The van der Waals surface area contributed by atoms with Crippen molar-refractivity contribution in [2.24, 2.45) is 10.7 Å². The van der Waals surface area contributed by atoms with Gasteiger partial charge in [-0.1, -0.05) is 18.2 Å². The van der Waals surface area contributed by atoms with Crippen LogP contribution in [0.15, 0.2) is 71.8 Å². The molecule has 5 nitrogen and oxygen atoms in total. The van der Waals surface area contributed by atoms with Gasteiger partial charge < -0.3 is 15.6 Å². The summed E-state index contributed by atoms with van der Waals surface area (Å²) in [5.74, 6) is 0.112. The molecule has 2 aromatic carbocycles. The van der Waals surface area contributed by atoms with Gasteiger partial charge in [-0.3, -0.25) is 0 Å². The average Bonchev–Trinajstić information content (AvgIpc) is 3.22. The van der Waals surface area contributed by atoms with Gasteiger partial charge in [-0.25, -0.2) is 14.4 Å². The minimum absolute atomic E-state index is 0. The minimum Gasteiger partial charge on any atom is -0.370 e. The Morgan fingerprint density at radius 2 is 1.93 bits per heavy atom. The van der Waals surface area contributed by atoms with Crippen molar-refractivity contribution in [3.63, 3.8) is 0 Å². The van der Waals surface area contributed by atoms with Crippen molar-refractivity contribution in [2.45, 2.75) is 18.9 Å². The minimum atomic E-state index is -0.244. The molecule has 0 fully saturated rings. The highest BCUT2D eigenvalue weighted by molar-refractivity contribution is 5.92. The Bertz CT molecular complexity index is 1070. The van der Waals surface area contributed by atoms with Gasteiger partial charge in [0.05, 0.1) is 12.0 Å². The first-order valence-corrected chi connectivity index (χ1v) is 8.89. The van der Waals surface area contributed by atoms with Crippen molar-refractivity contribution >= 4 is 24.1 Å². The number of nitrogens with zero attached hydrogens (tertiary/aromatic N) is 3. The number of nitrogens with one attached hydrogen (secondary N) is 1. The fourth-order valence-corrected chi connectivity index (χ4v) is 3.88. The van der Waals surface area contributed by atoms with Crippen molar-refractivity contribution in [1.29, 1.82) is 0 Å². The molecular formula is C21H19ClFN5. The van der Waals surface area contributed by atoms with Gasteiger partial charge >= 0.3 is 0 Å². The van der Waals surface area contributed by atoms with E-state index < -0.39 is 0 Å². The third kappa shape index (κ3) is 3.05. The van der Waals surface area contributed by atoms with Gasteiger partial charge in [0.25, 0.3) is 0 Å². The molecule has 5 rings (SSSR count). The highest BCUT2D eigenvalue weighted by Crippen LogP contribution is 2.40. The standard InChI is InChI=1S/C21H18FN5.ClH/c22-15-5-1-13-4-8-17-19(25-21(23)26-20(17)18(13)11-15)14-2-6-16(7-3-14)27-10-9-24-12-27;/h1-3,5-7,9-12,19H,4,8H2,(H3,23,25,26);1H. The molecule has 0 amide bonds. The van der Waals surface area contributed by atoms with E-state index in [1.807, 2.05) is 29.0 Å². The van der Waals surface area contributed by atoms with E-state index in [2.05, 4.69) is 27.4 Å². The first-order chi connectivity index (χ1) is 13.2. The number of halogens is 2. The molecule has 2 aliphatic rings. The maximum absolute atomic E-state index is 13.8. The SMILES string of the molecule is Cl.NC1=NC(c2ccc(-n3ccnc3)cc2)C2=C(N1)c1cc(F)ccc1CC2. The summed E-state index contributed by atoms with van der Waals surface area (Å²) in [4.78, 5) is 8.72. The molecule has 3 N–H and O–H groups in total. The molecule has 0 bridgehead atoms. The summed E-state index contributed by atoms with van der Waals surface area (Å²) in [7, 11) is 0. The van der Waals surface area contributed by atoms with E-state index in [1.54, 1.807) is 18.6 Å². The summed E-state index contributed by atoms with van der Waals surface area (Å²) in [5, 5.41) is 3.16. The number of nitrogens with two attached hydrogens (primary N) is 1. The molecule has 7 heteroatoms. The van der Waals surface area contributed by atoms with E-state index >= 15 is 0 Å². The number of aryl methyl sites for hydroxylation is 1. The lowest BCUT2D eigenvalue weighted by molar-refractivity contribution is 0.624. The first-order valence-electron chi connectivity index (χ1n) is 8.89. The zero-order valence-corrected chi connectivity index (χ0v) is 15.8. The molecule has 0 saturated carbocycles. The smallest absolute Gasteiger partial charge is 0.194 e. The van der Waals surface area contributed by atoms with E-state index in [4.69, 9.17) is 5.73 Å². The number of rotatable bonds is 2. The Morgan fingerprint density at radius 1 is 1.11 bits per heavy atom. The van der Waals surface area contributed by atoms with Crippen LogP contribution in [-0.4, -0.2) is 15.5 Å². The quantitative estimate of drug-likeness (QED) is 0.694. The summed E-state index contributed by atoms with van der Waals surface area (Å²) in [6, 6.07) is 13.0. The molecular weight excluding hydrogens is 377 g/mol. The van der Waals surface area contributed by atoms with Gasteiger partial charge in [0.15, 0.2) is 5.96 Å². The largest absolute Gasteiger partial charge is 0.370 e. The zero-order valence-electron chi connectivity index (χ0n) is 15.0. The fraction of sp³-hybridized carbons (Fsp3) is 0.143. The molecule has 1 unspecified atom stereocenters. The number of hydrogen-bond donors (Lipinski definition) is 2. The number of aliphatic imine (C=N–C) groups is 1. The van der Waals surface area contributed by atoms with Crippen LogP contribution < -0.4 is 11.1 Å². The lowest BCUT2D eigenvalue weighted by Crippen LogP contribution is -2.37. The van der Waals surface area contributed by atoms with E-state index in [0.29, 0.717) is 5.96 Å². The molecule has 0 spiro atoms. The second-order valence-corrected chi connectivity index (χ2v) is 6.81. The van der Waals surface area contributed by atoms with Crippen LogP contribution in [0, 0.1) is 5.82 Å². The number of hydrogen-bond acceptors (Lipinski definition) is 4. The molecule has 1 aliphatic heterocycles. The average molecular weight is 396 g/mol. The Hall–Kier alpha value is -3.12. The van der Waals surface area contributed by atoms with E-state index in [0.717, 1.165) is 46.5 Å². The van der Waals surface area contributed by atoms with Crippen LogP contribution in [0.4, 0.5) is 4.39 Å². The van der Waals surface area contributed by atoms with Crippen LogP contribution in [0.1, 0.15) is 29.2 Å². The van der Waals surface area contributed by atoms with Crippen LogP contribution in [0.5, 0.6) is 0 Å². The van der Waals surface area contributed by atoms with Crippen molar-refractivity contribution < 1.29 is 4.39 Å². The van der Waals surface area contributed by atoms with Crippen LogP contribution in [-0.2, 0) is 6.42 Å². The maximum atomic E-state index is 13.8. The van der Waals surface area contributed by atoms with Crippen molar-refractivity contribution in [3.8, 4) is 5.69 Å². The number of imidazole rings is 1. The summed E-state index contributed by atoms with van der Waals surface area (Å²) in [5.41, 5.74) is 12.2. The molecule has 1 atom stereocenters. The van der Waals surface area contributed by atoms with Crippen molar-refractivity contribution in [2.75, 3.05) is 0 Å². The van der Waals surface area contributed by atoms with E-state index in [9.17, 15) is 4.39 Å². The predicted molar refractivity (Wildman–Crippen MR) is 110 cm³/mol. The number of fused-ring (bicyclic) bond motifs is 2. The van der Waals surface area contributed by atoms with Crippen LogP contribution in [0.2, 0.25) is 0 Å². The molecule has 1 aliphatic carbocycles. The molecule has 0 radical (unpaired) electrons. The Balaban J connectivity index is 0.00000192. The predicted octanol–water partition coefficient (Wildman–Crippen LogP) is 3.75. The normalized spacial score (nSPS) is 17.8. The second-order valence-electron chi connectivity index (χ2n) is 6.81. The van der Waals surface area contributed by atoms with Crippen LogP contribution in [0.3, 0.4) is 0 Å². The number of aromatic nitrogens is 2. The van der Waals surface area contributed by atoms with E-state index in [1.165, 1.54) is 6.07 Å². The molecule has 1 aromatic heterocycles. The highest BCUT2D eigenvalue weighted by atomic mass is 35.5. The van der Waals surface area contributed by atoms with Gasteiger partial charge in [0.2, 0.25) is 0 Å². The van der Waals surface area contributed by atoms with Crippen molar-refractivity contribution in [1.82, 2.24) is 14.9 Å². The van der Waals surface area contributed by atoms with Gasteiger partial charge in [-0.15, -0.1) is 12.4 Å². The number of benzene rings is 2. The number of guanidine groups is 1. The zero-order chi connectivity index (χ0) is 18.4. The maximum Gasteiger partial charge on any atom is 0.194 e. The topological polar surface area (TPSA) is 68.2 Å². The first kappa shape index (κ1) is 18.3. The Morgan fingerprint density at radius 3 is 2.68 bits per heavy atom. The lowest BCUT2D eigenvalue weighted by Gasteiger charge is -2.31. The fourth-order valence-electron chi connectivity index (χ4n) is 3.88. The Labute approximate surface area is 168 Å². The van der Waals surface area contributed by atoms with Gasteiger partial charge in [0, 0.05) is 23.6 Å². The molecule has 28 heavy (non-hydrogen) atoms. The molecule has 2 heterocycles. The van der Waals surface area contributed by atoms with Crippen LogP contribution in [0.25, 0.3) is 11.4 Å². The second kappa shape index (κ2) is 7.13. The summed E-state index contributed by atoms with van der Waals surface area (Å²) in [6.45, 7) is 0.